The van der Waals surface area contributed by atoms with E-state index in [-0.39, 0.29) is 24.5 Å². The van der Waals surface area contributed by atoms with Gasteiger partial charge in [-0.3, -0.25) is 9.59 Å². The maximum absolute atomic E-state index is 12.7. The summed E-state index contributed by atoms with van der Waals surface area (Å²) in [7, 11) is 0. The molecule has 5 rings (SSSR count). The van der Waals surface area contributed by atoms with Crippen molar-refractivity contribution in [2.45, 2.75) is 32.4 Å². The number of rotatable bonds is 5. The molecule has 1 saturated heterocycles. The van der Waals surface area contributed by atoms with Crippen molar-refractivity contribution in [3.8, 4) is 0 Å². The molecule has 6 nitrogen and oxygen atoms in total. The monoisotopic (exact) mass is 415 g/mol. The van der Waals surface area contributed by atoms with Crippen LogP contribution in [0.1, 0.15) is 29.7 Å². The average molecular weight is 415 g/mol. The van der Waals surface area contributed by atoms with Gasteiger partial charge < -0.3 is 19.9 Å². The number of ether oxygens (including phenoxy) is 1. The number of nitrogens with one attached hydrogen (secondary N) is 2. The largest absolute Gasteiger partial charge is 0.376 e. The molecule has 0 aliphatic carbocycles. The molecule has 2 N–H and O–H groups in total. The number of amides is 2. The molecule has 1 unspecified atom stereocenters. The fourth-order valence-corrected chi connectivity index (χ4v) is 4.50. The molecule has 0 bridgehead atoms. The average Bonchev–Trinajstić information content (AvgIpc) is 3.47. The predicted molar refractivity (Wildman–Crippen MR) is 122 cm³/mol. The van der Waals surface area contributed by atoms with Gasteiger partial charge in [0.1, 0.15) is 6.54 Å². The Morgan fingerprint density at radius 1 is 1.23 bits per heavy atom. The van der Waals surface area contributed by atoms with Gasteiger partial charge >= 0.3 is 0 Å². The molecule has 2 aromatic carbocycles. The molecule has 158 valence electrons. The normalized spacial score (nSPS) is 19.1. The van der Waals surface area contributed by atoms with E-state index in [1.165, 1.54) is 0 Å². The van der Waals surface area contributed by atoms with Gasteiger partial charge in [0.15, 0.2) is 0 Å². The van der Waals surface area contributed by atoms with Crippen molar-refractivity contribution in [3.05, 3.63) is 65.4 Å². The Bertz CT molecular complexity index is 1200. The second kappa shape index (κ2) is 8.04. The third-order valence-corrected chi connectivity index (χ3v) is 6.13. The van der Waals surface area contributed by atoms with E-state index in [1.807, 2.05) is 66.1 Å². The van der Waals surface area contributed by atoms with Gasteiger partial charge in [-0.15, -0.1) is 0 Å². The van der Waals surface area contributed by atoms with Crippen LogP contribution in [0.2, 0.25) is 0 Å². The van der Waals surface area contributed by atoms with E-state index < -0.39 is 0 Å². The molecule has 1 aromatic heterocycles. The van der Waals surface area contributed by atoms with Crippen LogP contribution in [0.4, 0.5) is 5.69 Å². The van der Waals surface area contributed by atoms with Crippen molar-refractivity contribution in [2.75, 3.05) is 18.5 Å². The smallest absolute Gasteiger partial charge is 0.256 e. The lowest BCUT2D eigenvalue weighted by Gasteiger charge is -2.12. The summed E-state index contributed by atoms with van der Waals surface area (Å²) in [4.78, 5) is 25.3. The number of aromatic nitrogens is 1. The van der Waals surface area contributed by atoms with Gasteiger partial charge in [0.05, 0.1) is 6.10 Å². The number of anilines is 1. The van der Waals surface area contributed by atoms with Crippen LogP contribution in [0.5, 0.6) is 0 Å². The standard InChI is InChI=1S/C25H25N3O3/c1-16-20(13-21-18-8-2-4-10-22(18)27-25(21)30)19-9-3-5-11-23(19)28(16)15-24(29)26-14-17-7-6-12-31-17/h2-5,8-11,13,17H,6-7,12,14-15H2,1H3,(H,26,29)(H,27,30). The predicted octanol–water partition coefficient (Wildman–Crippen LogP) is 3.74. The Kier molecular flexibility index (Phi) is 5.08. The van der Waals surface area contributed by atoms with Crippen molar-refractivity contribution in [3.63, 3.8) is 0 Å². The van der Waals surface area contributed by atoms with Crippen LogP contribution in [-0.4, -0.2) is 35.6 Å². The Morgan fingerprint density at radius 2 is 2.03 bits per heavy atom. The lowest BCUT2D eigenvalue weighted by atomic mass is 10.0. The number of para-hydroxylation sites is 2. The Labute approximate surface area is 180 Å². The molecule has 3 heterocycles. The SMILES string of the molecule is Cc1c(C=C2C(=O)Nc3ccccc32)c2ccccc2n1CC(=O)NCC1CCCO1. The van der Waals surface area contributed by atoms with Crippen LogP contribution in [0.25, 0.3) is 22.6 Å². The van der Waals surface area contributed by atoms with E-state index in [0.717, 1.165) is 52.9 Å². The van der Waals surface area contributed by atoms with Crippen molar-refractivity contribution in [2.24, 2.45) is 0 Å². The minimum atomic E-state index is -0.105. The summed E-state index contributed by atoms with van der Waals surface area (Å²) in [6.07, 6.45) is 4.11. The summed E-state index contributed by atoms with van der Waals surface area (Å²) in [6.45, 7) is 3.55. The Hall–Kier alpha value is -3.38. The number of hydrogen-bond donors (Lipinski definition) is 2. The van der Waals surface area contributed by atoms with E-state index in [2.05, 4.69) is 10.6 Å². The number of fused-ring (bicyclic) bond motifs is 2. The first kappa shape index (κ1) is 19.6. The van der Waals surface area contributed by atoms with Crippen LogP contribution in [0, 0.1) is 6.92 Å². The molecule has 1 fully saturated rings. The van der Waals surface area contributed by atoms with Gasteiger partial charge in [0.2, 0.25) is 5.91 Å². The summed E-state index contributed by atoms with van der Waals surface area (Å²) in [5, 5.41) is 6.96. The zero-order valence-electron chi connectivity index (χ0n) is 17.5. The highest BCUT2D eigenvalue weighted by Crippen LogP contribution is 2.35. The van der Waals surface area contributed by atoms with Gasteiger partial charge in [-0.05, 0) is 38.0 Å². The van der Waals surface area contributed by atoms with E-state index in [1.54, 1.807) is 0 Å². The molecular weight excluding hydrogens is 390 g/mol. The van der Waals surface area contributed by atoms with E-state index >= 15 is 0 Å². The molecule has 6 heteroatoms. The lowest BCUT2D eigenvalue weighted by Crippen LogP contribution is -2.34. The summed E-state index contributed by atoms with van der Waals surface area (Å²) < 4.78 is 7.62. The Balaban J connectivity index is 1.48. The first-order valence-electron chi connectivity index (χ1n) is 10.7. The molecule has 2 aliphatic heterocycles. The number of hydrogen-bond acceptors (Lipinski definition) is 3. The number of nitrogens with zero attached hydrogens (tertiary/aromatic N) is 1. The highest BCUT2D eigenvalue weighted by atomic mass is 16.5. The third kappa shape index (κ3) is 3.64. The summed E-state index contributed by atoms with van der Waals surface area (Å²) >= 11 is 0. The van der Waals surface area contributed by atoms with E-state index in [4.69, 9.17) is 4.74 Å². The van der Waals surface area contributed by atoms with Crippen LogP contribution in [0.15, 0.2) is 48.5 Å². The summed E-state index contributed by atoms with van der Waals surface area (Å²) in [5.41, 5.74) is 5.27. The first-order valence-corrected chi connectivity index (χ1v) is 10.7. The zero-order chi connectivity index (χ0) is 21.4. The molecule has 0 saturated carbocycles. The van der Waals surface area contributed by atoms with Gasteiger partial charge in [-0.2, -0.15) is 0 Å². The van der Waals surface area contributed by atoms with Crippen LogP contribution in [0.3, 0.4) is 0 Å². The molecule has 1 atom stereocenters. The molecule has 0 spiro atoms. The van der Waals surface area contributed by atoms with Gasteiger partial charge in [-0.25, -0.2) is 0 Å². The van der Waals surface area contributed by atoms with Crippen LogP contribution < -0.4 is 10.6 Å². The Morgan fingerprint density at radius 3 is 2.87 bits per heavy atom. The maximum Gasteiger partial charge on any atom is 0.256 e. The second-order valence-electron chi connectivity index (χ2n) is 8.10. The molecule has 3 aromatic rings. The van der Waals surface area contributed by atoms with Gasteiger partial charge in [-0.1, -0.05) is 36.4 Å². The molecule has 31 heavy (non-hydrogen) atoms. The highest BCUT2D eigenvalue weighted by molar-refractivity contribution is 6.35. The summed E-state index contributed by atoms with van der Waals surface area (Å²) in [5.74, 6) is -0.144. The third-order valence-electron chi connectivity index (χ3n) is 6.13. The fourth-order valence-electron chi connectivity index (χ4n) is 4.50. The first-order chi connectivity index (χ1) is 15.1. The number of carbonyl (C=O) groups excluding carboxylic acids is 2. The number of carbonyl (C=O) groups is 2. The summed E-state index contributed by atoms with van der Waals surface area (Å²) in [6, 6.07) is 15.7. The molecular formula is C25H25N3O3. The second-order valence-corrected chi connectivity index (χ2v) is 8.10. The maximum atomic E-state index is 12.7. The molecule has 2 amide bonds. The minimum absolute atomic E-state index is 0.0393. The molecule has 0 radical (unpaired) electrons. The topological polar surface area (TPSA) is 72.4 Å². The lowest BCUT2D eigenvalue weighted by molar-refractivity contribution is -0.122. The van der Waals surface area contributed by atoms with Crippen molar-refractivity contribution in [1.29, 1.82) is 0 Å². The minimum Gasteiger partial charge on any atom is -0.376 e. The zero-order valence-corrected chi connectivity index (χ0v) is 17.5. The van der Waals surface area contributed by atoms with Crippen LogP contribution in [-0.2, 0) is 20.9 Å². The van der Waals surface area contributed by atoms with E-state index in [9.17, 15) is 9.59 Å². The van der Waals surface area contributed by atoms with Crippen molar-refractivity contribution >= 4 is 40.1 Å². The molecule has 2 aliphatic rings. The number of benzene rings is 2. The van der Waals surface area contributed by atoms with Crippen LogP contribution >= 0.6 is 0 Å². The van der Waals surface area contributed by atoms with Crippen molar-refractivity contribution in [1.82, 2.24) is 9.88 Å². The van der Waals surface area contributed by atoms with Crippen molar-refractivity contribution < 1.29 is 14.3 Å². The fraction of sp³-hybridized carbons (Fsp3) is 0.280. The quantitative estimate of drug-likeness (QED) is 0.624. The van der Waals surface area contributed by atoms with Gasteiger partial charge in [0.25, 0.3) is 5.91 Å². The highest BCUT2D eigenvalue weighted by Gasteiger charge is 2.25. The van der Waals surface area contributed by atoms with E-state index in [0.29, 0.717) is 12.1 Å². The van der Waals surface area contributed by atoms with Gasteiger partial charge in [0, 0.05) is 52.1 Å².